The fourth-order valence-electron chi connectivity index (χ4n) is 3.70. The van der Waals surface area contributed by atoms with Crippen LogP contribution in [-0.4, -0.2) is 64.3 Å². The molecular weight excluding hydrogens is 474 g/mol. The number of carbonyl (C=O) groups excluding carboxylic acids is 2. The molecule has 2 aromatic heterocycles. The molecule has 32 heavy (non-hydrogen) atoms. The van der Waals surface area contributed by atoms with Crippen LogP contribution < -0.4 is 4.90 Å². The molecule has 8 nitrogen and oxygen atoms in total. The summed E-state index contributed by atoms with van der Waals surface area (Å²) in [6, 6.07) is 11.2. The minimum atomic E-state index is -0.388. The first-order chi connectivity index (χ1) is 15.5. The molecule has 1 aliphatic heterocycles. The van der Waals surface area contributed by atoms with Crippen molar-refractivity contribution in [2.24, 2.45) is 0 Å². The zero-order valence-corrected chi connectivity index (χ0v) is 19.6. The van der Waals surface area contributed by atoms with E-state index in [-0.39, 0.29) is 11.9 Å². The lowest BCUT2D eigenvalue weighted by atomic mass is 10.1. The van der Waals surface area contributed by atoms with Crippen LogP contribution in [0, 0.1) is 6.92 Å². The number of ether oxygens (including phenoxy) is 1. The van der Waals surface area contributed by atoms with Gasteiger partial charge in [0.15, 0.2) is 0 Å². The molecule has 1 amide bonds. The van der Waals surface area contributed by atoms with Gasteiger partial charge in [0.25, 0.3) is 5.91 Å². The first-order valence-corrected chi connectivity index (χ1v) is 11.2. The van der Waals surface area contributed by atoms with Crippen molar-refractivity contribution < 1.29 is 14.3 Å². The third kappa shape index (κ3) is 4.52. The predicted octanol–water partition coefficient (Wildman–Crippen LogP) is 3.48. The highest BCUT2D eigenvalue weighted by atomic mass is 79.9. The number of halogens is 1. The Morgan fingerprint density at radius 2 is 1.75 bits per heavy atom. The Balaban J connectivity index is 1.41. The number of rotatable bonds is 5. The summed E-state index contributed by atoms with van der Waals surface area (Å²) >= 11 is 3.40. The van der Waals surface area contributed by atoms with Crippen molar-refractivity contribution >= 4 is 33.6 Å². The number of amides is 1. The Hall–Kier alpha value is -3.20. The predicted molar refractivity (Wildman–Crippen MR) is 124 cm³/mol. The Labute approximate surface area is 194 Å². The molecule has 0 atom stereocenters. The molecule has 0 saturated carbocycles. The van der Waals surface area contributed by atoms with Crippen molar-refractivity contribution in [2.75, 3.05) is 37.7 Å². The molecule has 1 aromatic carbocycles. The first kappa shape index (κ1) is 22.0. The molecule has 1 aliphatic rings. The quantitative estimate of drug-likeness (QED) is 0.502. The van der Waals surface area contributed by atoms with Gasteiger partial charge in [0.2, 0.25) is 0 Å². The monoisotopic (exact) mass is 497 g/mol. The van der Waals surface area contributed by atoms with Crippen molar-refractivity contribution in [2.45, 2.75) is 13.8 Å². The second kappa shape index (κ2) is 9.52. The van der Waals surface area contributed by atoms with E-state index in [2.05, 4.69) is 30.9 Å². The fourth-order valence-corrected chi connectivity index (χ4v) is 3.94. The number of pyridine rings is 1. The second-order valence-electron chi connectivity index (χ2n) is 7.44. The lowest BCUT2D eigenvalue weighted by molar-refractivity contribution is 0.0525. The van der Waals surface area contributed by atoms with Gasteiger partial charge in [0.1, 0.15) is 11.4 Å². The van der Waals surface area contributed by atoms with E-state index in [1.807, 2.05) is 36.1 Å². The Morgan fingerprint density at radius 1 is 1.03 bits per heavy atom. The number of carbonyl (C=O) groups is 2. The van der Waals surface area contributed by atoms with Crippen LogP contribution in [0.25, 0.3) is 5.69 Å². The van der Waals surface area contributed by atoms with Gasteiger partial charge < -0.3 is 14.5 Å². The molecule has 0 N–H and O–H groups in total. The molecule has 0 bridgehead atoms. The summed E-state index contributed by atoms with van der Waals surface area (Å²) in [4.78, 5) is 33.5. The summed E-state index contributed by atoms with van der Waals surface area (Å²) in [5.74, 6) is 0.534. The number of aromatic nitrogens is 3. The van der Waals surface area contributed by atoms with Gasteiger partial charge in [-0.25, -0.2) is 14.5 Å². The van der Waals surface area contributed by atoms with E-state index in [9.17, 15) is 9.59 Å². The molecular formula is C23H24BrN5O3. The van der Waals surface area contributed by atoms with Crippen LogP contribution >= 0.6 is 15.9 Å². The van der Waals surface area contributed by atoms with Crippen molar-refractivity contribution in [1.29, 1.82) is 0 Å². The normalized spacial score (nSPS) is 13.8. The van der Waals surface area contributed by atoms with Gasteiger partial charge in [-0.1, -0.05) is 0 Å². The largest absolute Gasteiger partial charge is 0.462 e. The van der Waals surface area contributed by atoms with Gasteiger partial charge in [0, 0.05) is 42.4 Å². The van der Waals surface area contributed by atoms with Crippen LogP contribution in [0.2, 0.25) is 0 Å². The highest BCUT2D eigenvalue weighted by molar-refractivity contribution is 9.10. The average Bonchev–Trinajstić information content (AvgIpc) is 3.21. The lowest BCUT2D eigenvalue weighted by Gasteiger charge is -2.35. The van der Waals surface area contributed by atoms with Gasteiger partial charge in [0.05, 0.1) is 24.2 Å². The van der Waals surface area contributed by atoms with Gasteiger partial charge in [-0.3, -0.25) is 4.79 Å². The van der Waals surface area contributed by atoms with Gasteiger partial charge in [-0.15, -0.1) is 0 Å². The molecule has 0 unspecified atom stereocenters. The second-order valence-corrected chi connectivity index (χ2v) is 8.35. The molecule has 0 spiro atoms. The van der Waals surface area contributed by atoms with E-state index >= 15 is 0 Å². The summed E-state index contributed by atoms with van der Waals surface area (Å²) < 4.78 is 7.68. The van der Waals surface area contributed by atoms with Crippen LogP contribution in [0.4, 0.5) is 5.82 Å². The van der Waals surface area contributed by atoms with Crippen molar-refractivity contribution in [3.05, 3.63) is 70.1 Å². The number of benzene rings is 1. The Bertz CT molecular complexity index is 1100. The van der Waals surface area contributed by atoms with Crippen molar-refractivity contribution in [3.63, 3.8) is 0 Å². The molecule has 4 rings (SSSR count). The maximum Gasteiger partial charge on any atom is 0.341 e. The van der Waals surface area contributed by atoms with Crippen LogP contribution in [0.15, 0.2) is 53.3 Å². The average molecular weight is 498 g/mol. The SMILES string of the molecule is CCOC(=O)c1cnn(-c2ccc(C(=O)N3CCN(c4ccc(Br)cn4)CC3)cc2)c1C. The van der Waals surface area contributed by atoms with E-state index in [4.69, 9.17) is 4.74 Å². The summed E-state index contributed by atoms with van der Waals surface area (Å²) in [7, 11) is 0. The highest BCUT2D eigenvalue weighted by Gasteiger charge is 2.23. The zero-order valence-electron chi connectivity index (χ0n) is 18.0. The number of hydrogen-bond donors (Lipinski definition) is 0. The third-order valence-corrected chi connectivity index (χ3v) is 5.94. The van der Waals surface area contributed by atoms with E-state index in [0.29, 0.717) is 36.5 Å². The van der Waals surface area contributed by atoms with Crippen LogP contribution in [0.5, 0.6) is 0 Å². The lowest BCUT2D eigenvalue weighted by Crippen LogP contribution is -2.49. The molecule has 1 saturated heterocycles. The van der Waals surface area contributed by atoms with Crippen molar-refractivity contribution in [3.8, 4) is 5.69 Å². The molecule has 3 aromatic rings. The molecule has 1 fully saturated rings. The Morgan fingerprint density at radius 3 is 2.38 bits per heavy atom. The molecule has 3 heterocycles. The van der Waals surface area contributed by atoms with Crippen LogP contribution in [0.1, 0.15) is 33.3 Å². The fraction of sp³-hybridized carbons (Fsp3) is 0.304. The minimum absolute atomic E-state index is 0.00404. The van der Waals surface area contributed by atoms with Crippen LogP contribution in [-0.2, 0) is 4.74 Å². The number of anilines is 1. The van der Waals surface area contributed by atoms with Crippen molar-refractivity contribution in [1.82, 2.24) is 19.7 Å². The smallest absolute Gasteiger partial charge is 0.341 e. The first-order valence-electron chi connectivity index (χ1n) is 10.5. The molecule has 166 valence electrons. The third-order valence-electron chi connectivity index (χ3n) is 5.47. The zero-order chi connectivity index (χ0) is 22.7. The summed E-state index contributed by atoms with van der Waals surface area (Å²) in [5.41, 5.74) is 2.53. The number of esters is 1. The molecule has 9 heteroatoms. The van der Waals surface area contributed by atoms with Crippen LogP contribution in [0.3, 0.4) is 0 Å². The van der Waals surface area contributed by atoms with Gasteiger partial charge in [-0.05, 0) is 66.2 Å². The molecule has 0 radical (unpaired) electrons. The molecule has 0 aliphatic carbocycles. The topological polar surface area (TPSA) is 80.6 Å². The van der Waals surface area contributed by atoms with E-state index in [0.717, 1.165) is 29.1 Å². The number of piperazine rings is 1. The number of hydrogen-bond acceptors (Lipinski definition) is 6. The van der Waals surface area contributed by atoms with E-state index in [1.54, 1.807) is 29.9 Å². The minimum Gasteiger partial charge on any atom is -0.462 e. The summed E-state index contributed by atoms with van der Waals surface area (Å²) in [6.07, 6.45) is 3.29. The van der Waals surface area contributed by atoms with Gasteiger partial charge in [-0.2, -0.15) is 5.10 Å². The summed E-state index contributed by atoms with van der Waals surface area (Å²) in [5, 5.41) is 4.30. The van der Waals surface area contributed by atoms with E-state index in [1.165, 1.54) is 6.20 Å². The Kier molecular flexibility index (Phi) is 6.55. The number of nitrogens with zero attached hydrogens (tertiary/aromatic N) is 5. The standard InChI is InChI=1S/C23H24BrN5O3/c1-3-32-23(31)20-15-26-29(16(20)2)19-7-4-17(5-8-19)22(30)28-12-10-27(11-13-28)21-9-6-18(24)14-25-21/h4-9,14-15H,3,10-13H2,1-2H3. The van der Waals surface area contributed by atoms with E-state index < -0.39 is 0 Å². The summed E-state index contributed by atoms with van der Waals surface area (Å²) in [6.45, 7) is 6.65. The van der Waals surface area contributed by atoms with Gasteiger partial charge >= 0.3 is 5.97 Å². The maximum atomic E-state index is 13.0. The highest BCUT2D eigenvalue weighted by Crippen LogP contribution is 2.19. The maximum absolute atomic E-state index is 13.0.